The highest BCUT2D eigenvalue weighted by atomic mass is 16.2. The molecule has 1 aromatic heterocycles. The fraction of sp³-hybridized carbons (Fsp3) is 0.182. The quantitative estimate of drug-likeness (QED) is 0.257. The zero-order valence-corrected chi connectivity index (χ0v) is 22.7. The number of hydrogen-bond donors (Lipinski definition) is 3. The number of carbonyl (C=O) groups is 3. The van der Waals surface area contributed by atoms with Gasteiger partial charge in [-0.3, -0.25) is 14.4 Å². The third kappa shape index (κ3) is 4.11. The van der Waals surface area contributed by atoms with Crippen molar-refractivity contribution in [3.63, 3.8) is 0 Å². The Morgan fingerprint density at radius 1 is 0.975 bits per heavy atom. The molecule has 0 saturated heterocycles. The summed E-state index contributed by atoms with van der Waals surface area (Å²) in [5, 5.41) is 4.79. The van der Waals surface area contributed by atoms with Crippen LogP contribution in [0.3, 0.4) is 0 Å². The summed E-state index contributed by atoms with van der Waals surface area (Å²) >= 11 is 0. The van der Waals surface area contributed by atoms with Crippen LogP contribution < -0.4 is 16.0 Å². The number of fused-ring (bicyclic) bond motifs is 4. The number of rotatable bonds is 6. The summed E-state index contributed by atoms with van der Waals surface area (Å²) in [7, 11) is 0. The Kier molecular flexibility index (Phi) is 6.14. The average molecular weight is 531 g/mol. The number of aromatic amines is 1. The van der Waals surface area contributed by atoms with Crippen LogP contribution in [-0.2, 0) is 17.9 Å². The van der Waals surface area contributed by atoms with Crippen LogP contribution in [-0.4, -0.2) is 22.7 Å². The van der Waals surface area contributed by atoms with E-state index in [1.54, 1.807) is 6.07 Å². The fourth-order valence-corrected chi connectivity index (χ4v) is 5.65. The number of nitrogens with zero attached hydrogens (tertiary/aromatic N) is 1. The van der Waals surface area contributed by atoms with Crippen LogP contribution in [0.1, 0.15) is 51.3 Å². The number of hydrogen-bond acceptors (Lipinski definition) is 3. The highest BCUT2D eigenvalue weighted by Gasteiger charge is 2.29. The SMILES string of the molecule is Cc1c(-c2ccc(C(N)=O)c3[nH]c4cc(CNC(=O)C(C)C)ccc4c23)cccc1N1Cc2ccccc2C1=O. The molecule has 0 saturated carbocycles. The Bertz CT molecular complexity index is 1850. The van der Waals surface area contributed by atoms with E-state index in [4.69, 9.17) is 5.73 Å². The van der Waals surface area contributed by atoms with E-state index in [1.807, 2.05) is 92.4 Å². The van der Waals surface area contributed by atoms with Crippen molar-refractivity contribution in [2.75, 3.05) is 4.90 Å². The number of primary amides is 1. The number of nitrogens with one attached hydrogen (secondary N) is 2. The monoisotopic (exact) mass is 530 g/mol. The van der Waals surface area contributed by atoms with Gasteiger partial charge in [0, 0.05) is 40.0 Å². The van der Waals surface area contributed by atoms with E-state index in [9.17, 15) is 14.4 Å². The number of benzene rings is 4. The molecule has 2 heterocycles. The molecular formula is C33H30N4O3. The molecule has 0 unspecified atom stereocenters. The van der Waals surface area contributed by atoms with E-state index in [2.05, 4.69) is 10.3 Å². The van der Waals surface area contributed by atoms with Crippen molar-refractivity contribution in [3.05, 3.63) is 101 Å². The number of carbonyl (C=O) groups excluding carboxylic acids is 3. The Morgan fingerprint density at radius 3 is 2.50 bits per heavy atom. The molecule has 0 aliphatic carbocycles. The molecule has 3 amide bonds. The zero-order chi connectivity index (χ0) is 28.1. The van der Waals surface area contributed by atoms with E-state index in [0.717, 1.165) is 55.4 Å². The summed E-state index contributed by atoms with van der Waals surface area (Å²) in [5.41, 5.74) is 14.1. The second-order valence-corrected chi connectivity index (χ2v) is 10.7. The largest absolute Gasteiger partial charge is 0.366 e. The van der Waals surface area contributed by atoms with Crippen LogP contribution in [0.2, 0.25) is 0 Å². The third-order valence-corrected chi connectivity index (χ3v) is 7.78. The van der Waals surface area contributed by atoms with Gasteiger partial charge in [-0.05, 0) is 59.0 Å². The molecule has 4 aromatic carbocycles. The van der Waals surface area contributed by atoms with Crippen molar-refractivity contribution in [1.82, 2.24) is 10.3 Å². The van der Waals surface area contributed by atoms with E-state index in [-0.39, 0.29) is 17.7 Å². The maximum absolute atomic E-state index is 13.3. The third-order valence-electron chi connectivity index (χ3n) is 7.78. The van der Waals surface area contributed by atoms with Gasteiger partial charge < -0.3 is 20.9 Å². The Balaban J connectivity index is 1.48. The van der Waals surface area contributed by atoms with Gasteiger partial charge >= 0.3 is 0 Å². The van der Waals surface area contributed by atoms with E-state index in [1.165, 1.54) is 0 Å². The second-order valence-electron chi connectivity index (χ2n) is 10.7. The Labute approximate surface area is 232 Å². The molecule has 0 fully saturated rings. The predicted molar refractivity (Wildman–Crippen MR) is 158 cm³/mol. The summed E-state index contributed by atoms with van der Waals surface area (Å²) in [6.45, 7) is 6.68. The Hall–Kier alpha value is -4.91. The van der Waals surface area contributed by atoms with Gasteiger partial charge in [0.1, 0.15) is 0 Å². The summed E-state index contributed by atoms with van der Waals surface area (Å²) in [5.74, 6) is -0.626. The first-order valence-corrected chi connectivity index (χ1v) is 13.4. The molecular weight excluding hydrogens is 500 g/mol. The van der Waals surface area contributed by atoms with Crippen LogP contribution in [0.15, 0.2) is 72.8 Å². The van der Waals surface area contributed by atoms with Gasteiger partial charge in [0.2, 0.25) is 5.91 Å². The maximum Gasteiger partial charge on any atom is 0.258 e. The van der Waals surface area contributed by atoms with Crippen LogP contribution in [0.25, 0.3) is 32.9 Å². The molecule has 1 aliphatic heterocycles. The number of aromatic nitrogens is 1. The fourth-order valence-electron chi connectivity index (χ4n) is 5.65. The lowest BCUT2D eigenvalue weighted by atomic mass is 9.93. The predicted octanol–water partition coefficient (Wildman–Crippen LogP) is 5.83. The number of H-pyrrole nitrogens is 1. The van der Waals surface area contributed by atoms with Crippen LogP contribution in [0, 0.1) is 12.8 Å². The molecule has 7 heteroatoms. The van der Waals surface area contributed by atoms with Gasteiger partial charge in [-0.15, -0.1) is 0 Å². The van der Waals surface area contributed by atoms with Crippen molar-refractivity contribution in [1.29, 1.82) is 0 Å². The van der Waals surface area contributed by atoms with Crippen molar-refractivity contribution in [2.45, 2.75) is 33.9 Å². The number of anilines is 1. The highest BCUT2D eigenvalue weighted by Crippen LogP contribution is 2.41. The molecule has 0 radical (unpaired) electrons. The lowest BCUT2D eigenvalue weighted by molar-refractivity contribution is -0.124. The molecule has 5 aromatic rings. The Morgan fingerprint density at radius 2 is 1.75 bits per heavy atom. The van der Waals surface area contributed by atoms with Gasteiger partial charge in [-0.25, -0.2) is 0 Å². The van der Waals surface area contributed by atoms with E-state index in [0.29, 0.717) is 24.2 Å². The van der Waals surface area contributed by atoms with Crippen molar-refractivity contribution in [2.24, 2.45) is 11.7 Å². The highest BCUT2D eigenvalue weighted by molar-refractivity contribution is 6.20. The average Bonchev–Trinajstić information content (AvgIpc) is 3.49. The molecule has 200 valence electrons. The minimum atomic E-state index is -0.515. The number of amides is 3. The first-order valence-electron chi connectivity index (χ1n) is 13.4. The van der Waals surface area contributed by atoms with Gasteiger partial charge in [0.05, 0.1) is 17.6 Å². The smallest absolute Gasteiger partial charge is 0.258 e. The standard InChI is InChI=1S/C33H30N4O3/c1-18(2)32(39)35-16-20-11-12-25-27(15-20)36-30-26(31(34)38)14-13-24(29(25)30)22-9-6-10-28(19(22)3)37-17-21-7-4-5-8-23(21)33(37)40/h4-15,18,36H,16-17H2,1-3H3,(H2,34,38)(H,35,39). The summed E-state index contributed by atoms with van der Waals surface area (Å²) in [4.78, 5) is 43.0. The first-order chi connectivity index (χ1) is 19.2. The van der Waals surface area contributed by atoms with E-state index >= 15 is 0 Å². The second kappa shape index (κ2) is 9.68. The molecule has 40 heavy (non-hydrogen) atoms. The molecule has 1 aliphatic rings. The van der Waals surface area contributed by atoms with E-state index < -0.39 is 5.91 Å². The van der Waals surface area contributed by atoms with Crippen molar-refractivity contribution >= 4 is 45.2 Å². The van der Waals surface area contributed by atoms with Crippen LogP contribution in [0.5, 0.6) is 0 Å². The lowest BCUT2D eigenvalue weighted by Gasteiger charge is -2.21. The van der Waals surface area contributed by atoms with Gasteiger partial charge in [0.15, 0.2) is 0 Å². The van der Waals surface area contributed by atoms with Gasteiger partial charge in [-0.2, -0.15) is 0 Å². The van der Waals surface area contributed by atoms with Gasteiger partial charge in [0.25, 0.3) is 11.8 Å². The van der Waals surface area contributed by atoms with Crippen LogP contribution >= 0.6 is 0 Å². The maximum atomic E-state index is 13.3. The topological polar surface area (TPSA) is 108 Å². The first kappa shape index (κ1) is 25.4. The summed E-state index contributed by atoms with van der Waals surface area (Å²) < 4.78 is 0. The molecule has 0 atom stereocenters. The molecule has 7 nitrogen and oxygen atoms in total. The number of nitrogens with two attached hydrogens (primary N) is 1. The zero-order valence-electron chi connectivity index (χ0n) is 22.7. The minimum absolute atomic E-state index is 0.00532. The molecule has 0 bridgehead atoms. The molecule has 6 rings (SSSR count). The summed E-state index contributed by atoms with van der Waals surface area (Å²) in [6, 6.07) is 23.4. The minimum Gasteiger partial charge on any atom is -0.366 e. The van der Waals surface area contributed by atoms with Crippen molar-refractivity contribution < 1.29 is 14.4 Å². The molecule has 4 N–H and O–H groups in total. The lowest BCUT2D eigenvalue weighted by Crippen LogP contribution is -2.27. The van der Waals surface area contributed by atoms with Gasteiger partial charge in [-0.1, -0.05) is 62.4 Å². The normalized spacial score (nSPS) is 12.9. The van der Waals surface area contributed by atoms with Crippen LogP contribution in [0.4, 0.5) is 5.69 Å². The summed E-state index contributed by atoms with van der Waals surface area (Å²) in [6.07, 6.45) is 0. The van der Waals surface area contributed by atoms with Crippen molar-refractivity contribution in [3.8, 4) is 11.1 Å². The molecule has 0 spiro atoms.